The molecule has 0 aliphatic carbocycles. The number of rotatable bonds is 3. The number of oxime groups is 1. The molecule has 0 saturated carbocycles. The van der Waals surface area contributed by atoms with E-state index in [2.05, 4.69) is 16.1 Å². The number of hydrogen-bond donors (Lipinski definition) is 0. The Morgan fingerprint density at radius 1 is 1.40 bits per heavy atom. The van der Waals surface area contributed by atoms with Gasteiger partial charge in [0.2, 0.25) is 0 Å². The van der Waals surface area contributed by atoms with E-state index in [1.54, 1.807) is 32.2 Å². The molecule has 1 aromatic rings. The summed E-state index contributed by atoms with van der Waals surface area (Å²) in [4.78, 5) is 4.66. The lowest BCUT2D eigenvalue weighted by Gasteiger charge is -2.05. The van der Waals surface area contributed by atoms with E-state index in [9.17, 15) is 0 Å². The first kappa shape index (κ1) is 11.1. The van der Waals surface area contributed by atoms with Crippen molar-refractivity contribution in [1.29, 1.82) is 5.26 Å². The predicted molar refractivity (Wildman–Crippen MR) is 56.9 cm³/mol. The summed E-state index contributed by atoms with van der Waals surface area (Å²) >= 11 is 0. The molecule has 0 saturated heterocycles. The van der Waals surface area contributed by atoms with Gasteiger partial charge < -0.3 is 9.57 Å². The van der Waals surface area contributed by atoms with Crippen LogP contribution in [0.25, 0.3) is 0 Å². The van der Waals surface area contributed by atoms with Gasteiger partial charge in [0.1, 0.15) is 12.9 Å². The van der Waals surface area contributed by atoms with Crippen LogP contribution in [0, 0.1) is 11.3 Å². The molecule has 1 rings (SSSR count). The third kappa shape index (κ3) is 2.47. The highest BCUT2D eigenvalue weighted by Gasteiger charge is 2.07. The molecule has 0 aliphatic rings. The summed E-state index contributed by atoms with van der Waals surface area (Å²) in [5.74, 6) is 0.653. The maximum atomic E-state index is 8.95. The van der Waals surface area contributed by atoms with Crippen molar-refractivity contribution in [1.82, 2.24) is 0 Å². The molecule has 0 aromatic heterocycles. The third-order valence-electron chi connectivity index (χ3n) is 1.97. The van der Waals surface area contributed by atoms with E-state index in [4.69, 9.17) is 10.00 Å². The number of ether oxygens (including phenoxy) is 1. The average Bonchev–Trinajstić information content (AvgIpc) is 2.28. The zero-order valence-corrected chi connectivity index (χ0v) is 8.94. The molecule has 0 radical (unpaired) electrons. The summed E-state index contributed by atoms with van der Waals surface area (Å²) in [6.07, 6.45) is 0. The maximum Gasteiger partial charge on any atom is 0.120 e. The van der Waals surface area contributed by atoms with Gasteiger partial charge in [0.25, 0.3) is 0 Å². The van der Waals surface area contributed by atoms with Gasteiger partial charge in [-0.25, -0.2) is 0 Å². The Morgan fingerprint density at radius 2 is 2.13 bits per heavy atom. The van der Waals surface area contributed by atoms with Crippen LogP contribution < -0.4 is 4.74 Å². The molecule has 0 fully saturated rings. The lowest BCUT2D eigenvalue weighted by Crippen LogP contribution is -1.99. The first-order valence-corrected chi connectivity index (χ1v) is 4.39. The number of nitrogens with zero attached hydrogens (tertiary/aromatic N) is 2. The Hall–Kier alpha value is -2.02. The van der Waals surface area contributed by atoms with Gasteiger partial charge in [-0.2, -0.15) is 5.26 Å². The minimum Gasteiger partial charge on any atom is -0.497 e. The minimum atomic E-state index is 0.521. The van der Waals surface area contributed by atoms with Gasteiger partial charge in [0.05, 0.1) is 24.5 Å². The van der Waals surface area contributed by atoms with Crippen LogP contribution in [-0.4, -0.2) is 19.9 Å². The molecule has 0 aliphatic heterocycles. The second kappa shape index (κ2) is 5.01. The van der Waals surface area contributed by atoms with E-state index in [-0.39, 0.29) is 0 Å². The first-order valence-electron chi connectivity index (χ1n) is 4.39. The van der Waals surface area contributed by atoms with Crippen LogP contribution in [0.1, 0.15) is 18.1 Å². The Labute approximate surface area is 88.7 Å². The average molecular weight is 204 g/mol. The Kier molecular flexibility index (Phi) is 3.69. The van der Waals surface area contributed by atoms with Crippen LogP contribution in [0.5, 0.6) is 5.75 Å². The molecular formula is C11H12N2O2. The van der Waals surface area contributed by atoms with Crippen molar-refractivity contribution < 1.29 is 9.57 Å². The first-order chi connectivity index (χ1) is 7.22. The molecular weight excluding hydrogens is 192 g/mol. The molecule has 4 nitrogen and oxygen atoms in total. The Morgan fingerprint density at radius 3 is 2.67 bits per heavy atom. The van der Waals surface area contributed by atoms with E-state index in [1.165, 1.54) is 7.11 Å². The van der Waals surface area contributed by atoms with Gasteiger partial charge in [0.15, 0.2) is 0 Å². The molecule has 0 bridgehead atoms. The lowest BCUT2D eigenvalue weighted by molar-refractivity contribution is 0.213. The van der Waals surface area contributed by atoms with E-state index in [0.717, 1.165) is 5.56 Å². The van der Waals surface area contributed by atoms with Gasteiger partial charge >= 0.3 is 0 Å². The third-order valence-corrected chi connectivity index (χ3v) is 1.97. The van der Waals surface area contributed by atoms with Gasteiger partial charge in [-0.1, -0.05) is 5.16 Å². The number of methoxy groups -OCH3 is 1. The molecule has 0 N–H and O–H groups in total. The molecule has 1 aromatic carbocycles. The molecule has 0 spiro atoms. The fourth-order valence-electron chi connectivity index (χ4n) is 1.24. The summed E-state index contributed by atoms with van der Waals surface area (Å²) in [5.41, 5.74) is 1.93. The van der Waals surface area contributed by atoms with E-state index >= 15 is 0 Å². The lowest BCUT2D eigenvalue weighted by atomic mass is 10.0. The molecule has 0 amide bonds. The second-order valence-corrected chi connectivity index (χ2v) is 2.88. The monoisotopic (exact) mass is 204 g/mol. The van der Waals surface area contributed by atoms with Gasteiger partial charge in [-0.05, 0) is 25.1 Å². The fourth-order valence-corrected chi connectivity index (χ4v) is 1.24. The van der Waals surface area contributed by atoms with E-state index < -0.39 is 0 Å². The van der Waals surface area contributed by atoms with Crippen LogP contribution in [0.15, 0.2) is 23.4 Å². The molecule has 15 heavy (non-hydrogen) atoms. The number of benzene rings is 1. The highest BCUT2D eigenvalue weighted by Crippen LogP contribution is 2.17. The number of hydrogen-bond acceptors (Lipinski definition) is 4. The molecule has 0 unspecified atom stereocenters. The summed E-state index contributed by atoms with van der Waals surface area (Å²) < 4.78 is 5.03. The van der Waals surface area contributed by atoms with Crippen LogP contribution >= 0.6 is 0 Å². The van der Waals surface area contributed by atoms with Crippen LogP contribution in [0.2, 0.25) is 0 Å². The SMILES string of the molecule is CO/N=C(\C)c1ccc(OC)cc1C#N. The molecule has 0 heterocycles. The van der Waals surface area contributed by atoms with Crippen molar-refractivity contribution in [3.05, 3.63) is 29.3 Å². The van der Waals surface area contributed by atoms with Gasteiger partial charge in [0, 0.05) is 5.56 Å². The second-order valence-electron chi connectivity index (χ2n) is 2.88. The van der Waals surface area contributed by atoms with Crippen molar-refractivity contribution in [3.63, 3.8) is 0 Å². The zero-order valence-electron chi connectivity index (χ0n) is 8.94. The molecule has 4 heteroatoms. The molecule has 78 valence electrons. The van der Waals surface area contributed by atoms with Crippen molar-refractivity contribution in [2.45, 2.75) is 6.92 Å². The van der Waals surface area contributed by atoms with E-state index in [1.807, 2.05) is 0 Å². The van der Waals surface area contributed by atoms with E-state index in [0.29, 0.717) is 17.0 Å². The minimum absolute atomic E-state index is 0.521. The Balaban J connectivity index is 3.20. The van der Waals surface area contributed by atoms with Crippen molar-refractivity contribution >= 4 is 5.71 Å². The highest BCUT2D eigenvalue weighted by atomic mass is 16.6. The van der Waals surface area contributed by atoms with Crippen molar-refractivity contribution in [2.24, 2.45) is 5.16 Å². The Bertz CT molecular complexity index is 419. The summed E-state index contributed by atoms with van der Waals surface area (Å²) in [6, 6.07) is 7.33. The summed E-state index contributed by atoms with van der Waals surface area (Å²) in [7, 11) is 3.03. The normalized spacial score (nSPS) is 10.7. The largest absolute Gasteiger partial charge is 0.497 e. The number of nitriles is 1. The predicted octanol–water partition coefficient (Wildman–Crippen LogP) is 1.94. The van der Waals surface area contributed by atoms with Crippen LogP contribution in [-0.2, 0) is 4.84 Å². The maximum absolute atomic E-state index is 8.95. The van der Waals surface area contributed by atoms with Crippen LogP contribution in [0.4, 0.5) is 0 Å². The van der Waals surface area contributed by atoms with Gasteiger partial charge in [-0.3, -0.25) is 0 Å². The standard InChI is InChI=1S/C11H12N2O2/c1-8(13-15-3)11-5-4-10(14-2)6-9(11)7-12/h4-6H,1-3H3/b13-8+. The van der Waals surface area contributed by atoms with Crippen molar-refractivity contribution in [3.8, 4) is 11.8 Å². The van der Waals surface area contributed by atoms with Crippen molar-refractivity contribution in [2.75, 3.05) is 14.2 Å². The molecule has 0 atom stereocenters. The quantitative estimate of drug-likeness (QED) is 0.558. The smallest absolute Gasteiger partial charge is 0.120 e. The fraction of sp³-hybridized carbons (Fsp3) is 0.273. The van der Waals surface area contributed by atoms with Gasteiger partial charge in [-0.15, -0.1) is 0 Å². The van der Waals surface area contributed by atoms with Crippen LogP contribution in [0.3, 0.4) is 0 Å². The topological polar surface area (TPSA) is 54.6 Å². The highest BCUT2D eigenvalue weighted by molar-refractivity contribution is 6.00. The zero-order chi connectivity index (χ0) is 11.3. The summed E-state index contributed by atoms with van der Waals surface area (Å²) in [6.45, 7) is 1.78. The summed E-state index contributed by atoms with van der Waals surface area (Å²) in [5, 5.41) is 12.7.